The summed E-state index contributed by atoms with van der Waals surface area (Å²) in [6.07, 6.45) is 1.71. The lowest BCUT2D eigenvalue weighted by atomic mass is 9.81. The van der Waals surface area contributed by atoms with E-state index in [0.717, 1.165) is 6.42 Å². The normalized spacial score (nSPS) is 41.8. The summed E-state index contributed by atoms with van der Waals surface area (Å²) in [4.78, 5) is 10.6. The van der Waals surface area contributed by atoms with Gasteiger partial charge in [-0.15, -0.1) is 0 Å². The van der Waals surface area contributed by atoms with Gasteiger partial charge < -0.3 is 5.11 Å². The zero-order valence-electron chi connectivity index (χ0n) is 7.22. The van der Waals surface area contributed by atoms with Crippen LogP contribution in [0.15, 0.2) is 0 Å². The van der Waals surface area contributed by atoms with Gasteiger partial charge in [-0.25, -0.2) is 8.78 Å². The van der Waals surface area contributed by atoms with Crippen LogP contribution in [-0.4, -0.2) is 17.0 Å². The molecule has 13 heavy (non-hydrogen) atoms. The molecule has 1 spiro atoms. The second-order valence-corrected chi connectivity index (χ2v) is 4.16. The zero-order valence-corrected chi connectivity index (χ0v) is 7.22. The lowest BCUT2D eigenvalue weighted by molar-refractivity contribution is -0.147. The maximum Gasteiger partial charge on any atom is 0.307 e. The minimum absolute atomic E-state index is 0.128. The number of carboxylic acid groups (broad SMARTS) is 1. The summed E-state index contributed by atoms with van der Waals surface area (Å²) >= 11 is 0. The average molecular weight is 190 g/mol. The number of halogens is 2. The van der Waals surface area contributed by atoms with Gasteiger partial charge in [-0.05, 0) is 19.3 Å². The van der Waals surface area contributed by atoms with Crippen LogP contribution in [0.25, 0.3) is 0 Å². The van der Waals surface area contributed by atoms with Crippen molar-refractivity contribution in [3.8, 4) is 0 Å². The smallest absolute Gasteiger partial charge is 0.307 e. The third-order valence-electron chi connectivity index (χ3n) is 3.47. The quantitative estimate of drug-likeness (QED) is 0.688. The Hall–Kier alpha value is -0.670. The molecule has 0 heterocycles. The molecule has 2 unspecified atom stereocenters. The van der Waals surface area contributed by atoms with Crippen LogP contribution in [0.3, 0.4) is 0 Å². The average Bonchev–Trinajstić information content (AvgIpc) is 2.73. The molecule has 1 N–H and O–H groups in total. The largest absolute Gasteiger partial charge is 0.481 e. The topological polar surface area (TPSA) is 37.3 Å². The minimum Gasteiger partial charge on any atom is -0.481 e. The molecule has 2 aliphatic carbocycles. The first-order valence-corrected chi connectivity index (χ1v) is 4.60. The molecule has 2 fully saturated rings. The molecule has 2 aliphatic rings. The zero-order chi connectivity index (χ0) is 9.69. The third-order valence-corrected chi connectivity index (χ3v) is 3.47. The summed E-state index contributed by atoms with van der Waals surface area (Å²) < 4.78 is 26.8. The van der Waals surface area contributed by atoms with Gasteiger partial charge in [-0.1, -0.05) is 6.42 Å². The highest BCUT2D eigenvalue weighted by Gasteiger charge is 2.71. The van der Waals surface area contributed by atoms with Gasteiger partial charge in [0.2, 0.25) is 0 Å². The van der Waals surface area contributed by atoms with Gasteiger partial charge in [0.05, 0.1) is 5.92 Å². The van der Waals surface area contributed by atoms with E-state index in [1.807, 2.05) is 0 Å². The highest BCUT2D eigenvalue weighted by atomic mass is 19.3. The Morgan fingerprint density at radius 3 is 2.38 bits per heavy atom. The van der Waals surface area contributed by atoms with Crippen molar-refractivity contribution in [2.45, 2.75) is 38.0 Å². The van der Waals surface area contributed by atoms with Gasteiger partial charge in [-0.3, -0.25) is 4.79 Å². The summed E-state index contributed by atoms with van der Waals surface area (Å²) in [5.74, 6) is -4.58. The highest BCUT2D eigenvalue weighted by Crippen LogP contribution is 2.67. The number of hydrogen-bond donors (Lipinski definition) is 1. The maximum atomic E-state index is 13.4. The molecule has 74 valence electrons. The van der Waals surface area contributed by atoms with Gasteiger partial charge in [0, 0.05) is 11.8 Å². The Kier molecular flexibility index (Phi) is 1.66. The van der Waals surface area contributed by atoms with E-state index in [-0.39, 0.29) is 12.8 Å². The van der Waals surface area contributed by atoms with Crippen molar-refractivity contribution in [2.24, 2.45) is 11.3 Å². The van der Waals surface area contributed by atoms with Crippen molar-refractivity contribution >= 4 is 5.97 Å². The maximum absolute atomic E-state index is 13.4. The molecule has 0 aromatic heterocycles. The van der Waals surface area contributed by atoms with E-state index in [2.05, 4.69) is 0 Å². The molecule has 0 amide bonds. The molecule has 2 saturated carbocycles. The second-order valence-electron chi connectivity index (χ2n) is 4.16. The third kappa shape index (κ3) is 1.07. The van der Waals surface area contributed by atoms with Crippen LogP contribution in [0.2, 0.25) is 0 Å². The molecule has 0 aliphatic heterocycles. The molecular weight excluding hydrogens is 178 g/mol. The predicted molar refractivity (Wildman–Crippen MR) is 41.6 cm³/mol. The molecule has 0 aromatic carbocycles. The fraction of sp³-hybridized carbons (Fsp3) is 0.889. The van der Waals surface area contributed by atoms with Crippen molar-refractivity contribution in [1.29, 1.82) is 0 Å². The lowest BCUT2D eigenvalue weighted by Crippen LogP contribution is -2.36. The first kappa shape index (κ1) is 8.91. The molecule has 0 radical (unpaired) electrons. The van der Waals surface area contributed by atoms with E-state index in [1.54, 1.807) is 0 Å². The van der Waals surface area contributed by atoms with Crippen molar-refractivity contribution in [1.82, 2.24) is 0 Å². The summed E-state index contributed by atoms with van der Waals surface area (Å²) in [6.45, 7) is 0. The van der Waals surface area contributed by atoms with E-state index < -0.39 is 23.2 Å². The predicted octanol–water partition coefficient (Wildman–Crippen LogP) is 2.29. The Bertz CT molecular complexity index is 252. The molecule has 2 rings (SSSR count). The van der Waals surface area contributed by atoms with Crippen LogP contribution in [0.1, 0.15) is 32.1 Å². The molecule has 4 heteroatoms. The first-order chi connectivity index (χ1) is 6.00. The van der Waals surface area contributed by atoms with E-state index in [4.69, 9.17) is 5.11 Å². The summed E-state index contributed by atoms with van der Waals surface area (Å²) in [5, 5.41) is 8.67. The molecule has 2 nitrogen and oxygen atoms in total. The van der Waals surface area contributed by atoms with Crippen LogP contribution in [0, 0.1) is 11.3 Å². The minimum atomic E-state index is -2.74. The number of hydrogen-bond acceptors (Lipinski definition) is 1. The Morgan fingerprint density at radius 1 is 1.31 bits per heavy atom. The van der Waals surface area contributed by atoms with Gasteiger partial charge in [0.25, 0.3) is 5.92 Å². The van der Waals surface area contributed by atoms with Crippen LogP contribution in [0.5, 0.6) is 0 Å². The SMILES string of the molecule is O=C(O)C1CC12CCCCC2(F)F. The highest BCUT2D eigenvalue weighted by molar-refractivity contribution is 5.75. The van der Waals surface area contributed by atoms with E-state index >= 15 is 0 Å². The molecule has 0 aromatic rings. The van der Waals surface area contributed by atoms with Gasteiger partial charge >= 0.3 is 5.97 Å². The first-order valence-electron chi connectivity index (χ1n) is 4.60. The molecule has 0 saturated heterocycles. The van der Waals surface area contributed by atoms with E-state index in [0.29, 0.717) is 12.8 Å². The van der Waals surface area contributed by atoms with Crippen molar-refractivity contribution in [3.63, 3.8) is 0 Å². The number of carboxylic acids is 1. The second kappa shape index (κ2) is 2.42. The van der Waals surface area contributed by atoms with Crippen molar-refractivity contribution in [3.05, 3.63) is 0 Å². The van der Waals surface area contributed by atoms with Gasteiger partial charge in [-0.2, -0.15) is 0 Å². The molecule has 2 atom stereocenters. The Morgan fingerprint density at radius 2 is 1.92 bits per heavy atom. The monoisotopic (exact) mass is 190 g/mol. The number of rotatable bonds is 1. The van der Waals surface area contributed by atoms with Gasteiger partial charge in [0.15, 0.2) is 0 Å². The van der Waals surface area contributed by atoms with E-state index in [1.165, 1.54) is 0 Å². The van der Waals surface area contributed by atoms with Crippen LogP contribution < -0.4 is 0 Å². The van der Waals surface area contributed by atoms with Crippen LogP contribution >= 0.6 is 0 Å². The number of carbonyl (C=O) groups is 1. The van der Waals surface area contributed by atoms with Gasteiger partial charge in [0.1, 0.15) is 0 Å². The summed E-state index contributed by atoms with van der Waals surface area (Å²) in [5.41, 5.74) is -1.17. The van der Waals surface area contributed by atoms with Crippen molar-refractivity contribution in [2.75, 3.05) is 0 Å². The standard InChI is InChI=1S/C9H12F2O2/c10-9(11)4-2-1-3-8(9)5-6(8)7(12)13/h6H,1-5H2,(H,12,13). The Labute approximate surface area is 74.9 Å². The molecule has 0 bridgehead atoms. The molecular formula is C9H12F2O2. The fourth-order valence-electron chi connectivity index (χ4n) is 2.53. The fourth-order valence-corrected chi connectivity index (χ4v) is 2.53. The Balaban J connectivity index is 2.19. The van der Waals surface area contributed by atoms with Crippen LogP contribution in [0.4, 0.5) is 8.78 Å². The van der Waals surface area contributed by atoms with Crippen molar-refractivity contribution < 1.29 is 18.7 Å². The number of aliphatic carboxylic acids is 1. The summed E-state index contributed by atoms with van der Waals surface area (Å²) in [7, 11) is 0. The lowest BCUT2D eigenvalue weighted by Gasteiger charge is -2.31. The van der Waals surface area contributed by atoms with Crippen LogP contribution in [-0.2, 0) is 4.79 Å². The summed E-state index contributed by atoms with van der Waals surface area (Å²) in [6, 6.07) is 0. The number of alkyl halides is 2. The van der Waals surface area contributed by atoms with E-state index in [9.17, 15) is 13.6 Å².